The average Bonchev–Trinajstić information content (AvgIpc) is 2.53. The van der Waals surface area contributed by atoms with Gasteiger partial charge in [0.15, 0.2) is 0 Å². The smallest absolute Gasteiger partial charge is 0.123 e. The molecule has 24 heavy (non-hydrogen) atoms. The van der Waals surface area contributed by atoms with E-state index in [1.165, 1.54) is 6.08 Å². The molecule has 0 amide bonds. The van der Waals surface area contributed by atoms with E-state index in [4.69, 9.17) is 0 Å². The number of aliphatic hydroxyl groups excluding tert-OH is 2. The highest BCUT2D eigenvalue weighted by atomic mass is 16.3. The molecule has 0 unspecified atom stereocenters. The van der Waals surface area contributed by atoms with Gasteiger partial charge in [0.05, 0.1) is 12.4 Å². The van der Waals surface area contributed by atoms with E-state index in [0.717, 1.165) is 5.57 Å². The Balaban J connectivity index is 3.01. The van der Waals surface area contributed by atoms with Gasteiger partial charge in [-0.3, -0.25) is 0 Å². The normalized spacial score (nSPS) is 12.7. The minimum atomic E-state index is -0.180. The van der Waals surface area contributed by atoms with E-state index in [-0.39, 0.29) is 23.9 Å². The van der Waals surface area contributed by atoms with Gasteiger partial charge in [-0.15, -0.1) is 0 Å². The maximum Gasteiger partial charge on any atom is 0.123 e. The summed E-state index contributed by atoms with van der Waals surface area (Å²) >= 11 is 0. The molecular weight excluding hydrogens is 304 g/mol. The number of hydrogen-bond donors (Lipinski definition) is 4. The molecule has 0 aliphatic carbocycles. The summed E-state index contributed by atoms with van der Waals surface area (Å²) in [6.07, 6.45) is 9.43. The number of aliphatic hydroxyl groups is 2. The van der Waals surface area contributed by atoms with Crippen LogP contribution in [0.1, 0.15) is 38.3 Å². The predicted octanol–water partition coefficient (Wildman–Crippen LogP) is 4.39. The zero-order valence-corrected chi connectivity index (χ0v) is 14.5. The van der Waals surface area contributed by atoms with Crippen LogP contribution in [0.2, 0.25) is 0 Å². The van der Waals surface area contributed by atoms with Crippen molar-refractivity contribution in [3.8, 4) is 11.5 Å². The molecular formula is C20H26O4. The number of hydrogen-bond acceptors (Lipinski definition) is 4. The second kappa shape index (κ2) is 9.63. The Hall–Kier alpha value is -2.46. The topological polar surface area (TPSA) is 80.9 Å². The van der Waals surface area contributed by atoms with Crippen LogP contribution < -0.4 is 0 Å². The maximum absolute atomic E-state index is 10.1. The molecule has 0 saturated heterocycles. The van der Waals surface area contributed by atoms with Gasteiger partial charge in [-0.05, 0) is 49.6 Å². The Morgan fingerprint density at radius 1 is 1.08 bits per heavy atom. The lowest BCUT2D eigenvalue weighted by Crippen LogP contribution is -1.88. The molecule has 0 aromatic heterocycles. The standard InChI is InChI=1S/C20H26O4/c1-4-17(22)9-8-15(13-21)6-7-16-11-19(23)18(20(24)12-16)10-5-14(2)3/h5-9,11-12,21-24H,4,10,13H2,1-3H3/b7-6+,15-8-,17-9+. The molecule has 130 valence electrons. The molecule has 0 atom stereocenters. The third-order valence-corrected chi connectivity index (χ3v) is 3.46. The van der Waals surface area contributed by atoms with Crippen LogP contribution in [0.3, 0.4) is 0 Å². The molecule has 4 nitrogen and oxygen atoms in total. The van der Waals surface area contributed by atoms with Crippen molar-refractivity contribution in [1.82, 2.24) is 0 Å². The highest BCUT2D eigenvalue weighted by Crippen LogP contribution is 2.30. The van der Waals surface area contributed by atoms with E-state index < -0.39 is 0 Å². The summed E-state index contributed by atoms with van der Waals surface area (Å²) in [5.41, 5.74) is 2.82. The Kier molecular flexibility index (Phi) is 7.86. The van der Waals surface area contributed by atoms with E-state index in [2.05, 4.69) is 0 Å². The predicted molar refractivity (Wildman–Crippen MR) is 98.1 cm³/mol. The minimum absolute atomic E-state index is 0.0326. The lowest BCUT2D eigenvalue weighted by Gasteiger charge is -2.07. The fourth-order valence-electron chi connectivity index (χ4n) is 1.96. The number of allylic oxidation sites excluding steroid dienone is 5. The number of aromatic hydroxyl groups is 2. The Labute approximate surface area is 143 Å². The number of phenolic OH excluding ortho intramolecular Hbond substituents is 2. The van der Waals surface area contributed by atoms with Gasteiger partial charge in [0.25, 0.3) is 0 Å². The Morgan fingerprint density at radius 3 is 2.21 bits per heavy atom. The van der Waals surface area contributed by atoms with E-state index in [0.29, 0.717) is 29.5 Å². The van der Waals surface area contributed by atoms with Crippen molar-refractivity contribution in [3.63, 3.8) is 0 Å². The summed E-state index contributed by atoms with van der Waals surface area (Å²) in [4.78, 5) is 0. The van der Waals surface area contributed by atoms with Gasteiger partial charge in [-0.1, -0.05) is 36.8 Å². The zero-order valence-electron chi connectivity index (χ0n) is 14.5. The van der Waals surface area contributed by atoms with Gasteiger partial charge in [-0.2, -0.15) is 0 Å². The first-order valence-electron chi connectivity index (χ1n) is 7.93. The zero-order chi connectivity index (χ0) is 18.1. The Bertz CT molecular complexity index is 652. The summed E-state index contributed by atoms with van der Waals surface area (Å²) in [6, 6.07) is 3.14. The summed E-state index contributed by atoms with van der Waals surface area (Å²) in [5.74, 6) is 0.295. The van der Waals surface area contributed by atoms with Crippen molar-refractivity contribution >= 4 is 6.08 Å². The first kappa shape index (κ1) is 19.6. The van der Waals surface area contributed by atoms with Crippen LogP contribution >= 0.6 is 0 Å². The van der Waals surface area contributed by atoms with Gasteiger partial charge >= 0.3 is 0 Å². The molecule has 0 aliphatic heterocycles. The van der Waals surface area contributed by atoms with Gasteiger partial charge in [0.2, 0.25) is 0 Å². The fraction of sp³-hybridized carbons (Fsp3) is 0.300. The monoisotopic (exact) mass is 330 g/mol. The first-order valence-corrected chi connectivity index (χ1v) is 7.93. The third kappa shape index (κ3) is 6.34. The minimum Gasteiger partial charge on any atom is -0.512 e. The second-order valence-corrected chi connectivity index (χ2v) is 5.77. The number of phenols is 2. The van der Waals surface area contributed by atoms with Gasteiger partial charge < -0.3 is 20.4 Å². The van der Waals surface area contributed by atoms with Crippen molar-refractivity contribution in [2.75, 3.05) is 6.61 Å². The van der Waals surface area contributed by atoms with Crippen LogP contribution in [-0.2, 0) is 6.42 Å². The van der Waals surface area contributed by atoms with Gasteiger partial charge in [0.1, 0.15) is 11.5 Å². The molecule has 0 bridgehead atoms. The van der Waals surface area contributed by atoms with Crippen LogP contribution in [0.15, 0.2) is 53.3 Å². The lowest BCUT2D eigenvalue weighted by atomic mass is 10.0. The van der Waals surface area contributed by atoms with Crippen molar-refractivity contribution < 1.29 is 20.4 Å². The SMILES string of the molecule is CC\C(O)=C/C=C(/C=C/c1cc(O)c(CC=C(C)C)c(O)c1)CO. The van der Waals surface area contributed by atoms with Crippen LogP contribution in [0.4, 0.5) is 0 Å². The molecule has 1 rings (SSSR count). The lowest BCUT2D eigenvalue weighted by molar-refractivity contribution is 0.335. The molecule has 4 N–H and O–H groups in total. The molecule has 0 heterocycles. The van der Waals surface area contributed by atoms with Gasteiger partial charge in [0, 0.05) is 12.0 Å². The van der Waals surface area contributed by atoms with Crippen LogP contribution in [0.5, 0.6) is 11.5 Å². The summed E-state index contributed by atoms with van der Waals surface area (Å²) in [5, 5.41) is 38.9. The quantitative estimate of drug-likeness (QED) is 0.339. The number of rotatable bonds is 7. The molecule has 0 saturated carbocycles. The van der Waals surface area contributed by atoms with E-state index in [1.807, 2.05) is 26.8 Å². The first-order chi connectivity index (χ1) is 11.4. The highest BCUT2D eigenvalue weighted by molar-refractivity contribution is 5.60. The Morgan fingerprint density at radius 2 is 1.71 bits per heavy atom. The van der Waals surface area contributed by atoms with Crippen LogP contribution in [0, 0.1) is 0 Å². The molecule has 0 aliphatic rings. The third-order valence-electron chi connectivity index (χ3n) is 3.46. The van der Waals surface area contributed by atoms with Crippen molar-refractivity contribution in [2.45, 2.75) is 33.6 Å². The summed E-state index contributed by atoms with van der Waals surface area (Å²) < 4.78 is 0. The molecule has 4 heteroatoms. The molecule has 0 spiro atoms. The highest BCUT2D eigenvalue weighted by Gasteiger charge is 2.07. The molecule has 1 aromatic carbocycles. The van der Waals surface area contributed by atoms with E-state index in [1.54, 1.807) is 30.4 Å². The maximum atomic E-state index is 10.1. The molecule has 0 radical (unpaired) electrons. The van der Waals surface area contributed by atoms with Crippen molar-refractivity contribution in [1.29, 1.82) is 0 Å². The average molecular weight is 330 g/mol. The summed E-state index contributed by atoms with van der Waals surface area (Å²) in [7, 11) is 0. The molecule has 1 aromatic rings. The van der Waals surface area contributed by atoms with Crippen molar-refractivity contribution in [3.05, 3.63) is 64.5 Å². The summed E-state index contributed by atoms with van der Waals surface area (Å²) in [6.45, 7) is 5.56. The fourth-order valence-corrected chi connectivity index (χ4v) is 1.96. The van der Waals surface area contributed by atoms with Crippen LogP contribution in [0.25, 0.3) is 6.08 Å². The largest absolute Gasteiger partial charge is 0.512 e. The van der Waals surface area contributed by atoms with Gasteiger partial charge in [-0.25, -0.2) is 0 Å². The number of benzene rings is 1. The van der Waals surface area contributed by atoms with Crippen molar-refractivity contribution in [2.24, 2.45) is 0 Å². The van der Waals surface area contributed by atoms with Crippen LogP contribution in [-0.4, -0.2) is 27.0 Å². The molecule has 0 fully saturated rings. The second-order valence-electron chi connectivity index (χ2n) is 5.77. The van der Waals surface area contributed by atoms with E-state index in [9.17, 15) is 20.4 Å². The van der Waals surface area contributed by atoms with E-state index >= 15 is 0 Å².